The van der Waals surface area contributed by atoms with E-state index in [0.717, 1.165) is 0 Å². The van der Waals surface area contributed by atoms with Gasteiger partial charge in [-0.2, -0.15) is 0 Å². The van der Waals surface area contributed by atoms with Crippen molar-refractivity contribution in [2.24, 2.45) is 0 Å². The molecule has 1 atom stereocenters. The van der Waals surface area contributed by atoms with Gasteiger partial charge in [0.2, 0.25) is 5.91 Å². The second-order valence-electron chi connectivity index (χ2n) is 4.55. The molecule has 1 heterocycles. The average Bonchev–Trinajstić information content (AvgIpc) is 2.41. The van der Waals surface area contributed by atoms with E-state index in [-0.39, 0.29) is 17.3 Å². The third-order valence-electron chi connectivity index (χ3n) is 3.07. The van der Waals surface area contributed by atoms with Crippen LogP contribution in [0.15, 0.2) is 47.3 Å². The van der Waals surface area contributed by atoms with Crippen molar-refractivity contribution in [1.82, 2.24) is 4.57 Å². The molecule has 5 heteroatoms. The molecule has 0 saturated carbocycles. The van der Waals surface area contributed by atoms with E-state index < -0.39 is 6.04 Å². The van der Waals surface area contributed by atoms with Crippen LogP contribution in [0.25, 0.3) is 0 Å². The monoisotopic (exact) mass is 274 g/mol. The highest BCUT2D eigenvalue weighted by atomic mass is 19.1. The number of nitrogens with one attached hydrogen (secondary N) is 1. The molecule has 2 rings (SSSR count). The number of hydrogen-bond acceptors (Lipinski definition) is 2. The number of amides is 1. The van der Waals surface area contributed by atoms with Crippen molar-refractivity contribution in [3.63, 3.8) is 0 Å². The molecule has 0 spiro atoms. The fourth-order valence-corrected chi connectivity index (χ4v) is 2.00. The molecule has 1 N–H and O–H groups in total. The maximum atomic E-state index is 12.8. The lowest BCUT2D eigenvalue weighted by atomic mass is 10.2. The van der Waals surface area contributed by atoms with Gasteiger partial charge in [0.1, 0.15) is 11.9 Å². The second-order valence-corrected chi connectivity index (χ2v) is 4.55. The first-order chi connectivity index (χ1) is 9.49. The zero-order valence-electron chi connectivity index (χ0n) is 11.3. The predicted molar refractivity (Wildman–Crippen MR) is 75.2 cm³/mol. The molecule has 4 nitrogen and oxygen atoms in total. The number of hydrogen-bond donors (Lipinski definition) is 1. The Balaban J connectivity index is 2.21. The van der Waals surface area contributed by atoms with Gasteiger partial charge in [-0.3, -0.25) is 9.59 Å². The lowest BCUT2D eigenvalue weighted by Gasteiger charge is -2.17. The molecule has 20 heavy (non-hydrogen) atoms. The Bertz CT molecular complexity index is 677. The van der Waals surface area contributed by atoms with Gasteiger partial charge in [-0.05, 0) is 44.2 Å². The van der Waals surface area contributed by atoms with Crippen LogP contribution in [0.2, 0.25) is 0 Å². The molecule has 1 unspecified atom stereocenters. The molecular formula is C15H15FN2O2. The fraction of sp³-hybridized carbons (Fsp3) is 0.200. The van der Waals surface area contributed by atoms with Crippen molar-refractivity contribution in [1.29, 1.82) is 0 Å². The minimum atomic E-state index is -0.645. The van der Waals surface area contributed by atoms with E-state index in [1.54, 1.807) is 26.0 Å². The minimum absolute atomic E-state index is 0.230. The maximum Gasteiger partial charge on any atom is 0.251 e. The van der Waals surface area contributed by atoms with E-state index in [9.17, 15) is 14.0 Å². The normalized spacial score (nSPS) is 11.9. The van der Waals surface area contributed by atoms with Crippen LogP contribution in [0.1, 0.15) is 18.7 Å². The average molecular weight is 274 g/mol. The topological polar surface area (TPSA) is 51.1 Å². The molecule has 0 aliphatic carbocycles. The van der Waals surface area contributed by atoms with Gasteiger partial charge in [0.05, 0.1) is 0 Å². The van der Waals surface area contributed by atoms with Crippen LogP contribution in [0.4, 0.5) is 10.1 Å². The van der Waals surface area contributed by atoms with Crippen LogP contribution in [0.3, 0.4) is 0 Å². The predicted octanol–water partition coefficient (Wildman–Crippen LogP) is 2.50. The standard InChI is InChI=1S/C15H15FN2O2/c1-10-4-3-5-14(19)18(10)11(2)15(20)17-13-8-6-12(16)7-9-13/h3-9,11H,1-2H3,(H,17,20). The first-order valence-electron chi connectivity index (χ1n) is 6.23. The third kappa shape index (κ3) is 2.93. The number of aromatic nitrogens is 1. The summed E-state index contributed by atoms with van der Waals surface area (Å²) in [5.41, 5.74) is 0.968. The van der Waals surface area contributed by atoms with Gasteiger partial charge in [0.25, 0.3) is 5.56 Å². The molecule has 1 amide bonds. The molecule has 2 aromatic rings. The van der Waals surface area contributed by atoms with Crippen molar-refractivity contribution >= 4 is 11.6 Å². The molecule has 0 saturated heterocycles. The molecule has 0 fully saturated rings. The summed E-state index contributed by atoms with van der Waals surface area (Å²) in [5.74, 6) is -0.695. The molecule has 1 aromatic heterocycles. The molecule has 0 aliphatic rings. The van der Waals surface area contributed by atoms with Gasteiger partial charge in [-0.15, -0.1) is 0 Å². The first-order valence-corrected chi connectivity index (χ1v) is 6.23. The van der Waals surface area contributed by atoms with E-state index >= 15 is 0 Å². The summed E-state index contributed by atoms with van der Waals surface area (Å²) in [5, 5.41) is 2.66. The summed E-state index contributed by atoms with van der Waals surface area (Å²) in [6, 6.07) is 9.66. The van der Waals surface area contributed by atoms with Crippen LogP contribution < -0.4 is 10.9 Å². The van der Waals surface area contributed by atoms with Crippen LogP contribution in [0.5, 0.6) is 0 Å². The van der Waals surface area contributed by atoms with E-state index in [0.29, 0.717) is 11.4 Å². The Labute approximate surface area is 115 Å². The highest BCUT2D eigenvalue weighted by Crippen LogP contribution is 2.12. The Kier molecular flexibility index (Phi) is 3.98. The number of carbonyl (C=O) groups excluding carboxylic acids is 1. The first kappa shape index (κ1) is 14.0. The van der Waals surface area contributed by atoms with Crippen LogP contribution in [-0.2, 0) is 4.79 Å². The van der Waals surface area contributed by atoms with Crippen molar-refractivity contribution < 1.29 is 9.18 Å². The van der Waals surface area contributed by atoms with Gasteiger partial charge >= 0.3 is 0 Å². The summed E-state index contributed by atoms with van der Waals surface area (Å²) >= 11 is 0. The number of halogens is 1. The van der Waals surface area contributed by atoms with Gasteiger partial charge in [0.15, 0.2) is 0 Å². The maximum absolute atomic E-state index is 12.8. The number of nitrogens with zero attached hydrogens (tertiary/aromatic N) is 1. The summed E-state index contributed by atoms with van der Waals surface area (Å²) in [6.07, 6.45) is 0. The highest BCUT2D eigenvalue weighted by Gasteiger charge is 2.17. The Hall–Kier alpha value is -2.43. The summed E-state index contributed by atoms with van der Waals surface area (Å²) in [7, 11) is 0. The van der Waals surface area contributed by atoms with Crippen molar-refractivity contribution in [3.05, 3.63) is 64.3 Å². The summed E-state index contributed by atoms with van der Waals surface area (Å²) in [4.78, 5) is 24.0. The van der Waals surface area contributed by atoms with E-state index in [2.05, 4.69) is 5.32 Å². The Morgan fingerprint density at radius 3 is 2.45 bits per heavy atom. The summed E-state index contributed by atoms with van der Waals surface area (Å²) in [6.45, 7) is 3.41. The van der Waals surface area contributed by atoms with Crippen molar-refractivity contribution in [3.8, 4) is 0 Å². The number of anilines is 1. The molecular weight excluding hydrogens is 259 g/mol. The lowest BCUT2D eigenvalue weighted by molar-refractivity contribution is -0.118. The lowest BCUT2D eigenvalue weighted by Crippen LogP contribution is -2.32. The molecule has 1 aromatic carbocycles. The van der Waals surface area contributed by atoms with Crippen LogP contribution >= 0.6 is 0 Å². The molecule has 0 radical (unpaired) electrons. The van der Waals surface area contributed by atoms with Gasteiger partial charge in [-0.1, -0.05) is 6.07 Å². The fourth-order valence-electron chi connectivity index (χ4n) is 2.00. The second kappa shape index (κ2) is 5.69. The largest absolute Gasteiger partial charge is 0.324 e. The summed E-state index contributed by atoms with van der Waals surface area (Å²) < 4.78 is 14.2. The van der Waals surface area contributed by atoms with Crippen molar-refractivity contribution in [2.75, 3.05) is 5.32 Å². The van der Waals surface area contributed by atoms with E-state index in [1.165, 1.54) is 34.9 Å². The van der Waals surface area contributed by atoms with Gasteiger partial charge < -0.3 is 9.88 Å². The molecule has 0 bridgehead atoms. The third-order valence-corrected chi connectivity index (χ3v) is 3.07. The number of pyridine rings is 1. The number of benzene rings is 1. The number of rotatable bonds is 3. The minimum Gasteiger partial charge on any atom is -0.324 e. The van der Waals surface area contributed by atoms with Crippen molar-refractivity contribution in [2.45, 2.75) is 19.9 Å². The molecule has 0 aliphatic heterocycles. The zero-order chi connectivity index (χ0) is 14.7. The SMILES string of the molecule is Cc1cccc(=O)n1C(C)C(=O)Nc1ccc(F)cc1. The van der Waals surface area contributed by atoms with E-state index in [4.69, 9.17) is 0 Å². The van der Waals surface area contributed by atoms with Crippen LogP contribution in [0, 0.1) is 12.7 Å². The number of carbonyl (C=O) groups is 1. The number of aryl methyl sites for hydroxylation is 1. The Morgan fingerprint density at radius 2 is 1.85 bits per heavy atom. The zero-order valence-corrected chi connectivity index (χ0v) is 11.3. The quantitative estimate of drug-likeness (QED) is 0.935. The smallest absolute Gasteiger partial charge is 0.251 e. The molecule has 104 valence electrons. The van der Waals surface area contributed by atoms with E-state index in [1.807, 2.05) is 0 Å². The van der Waals surface area contributed by atoms with Gasteiger partial charge in [-0.25, -0.2) is 4.39 Å². The Morgan fingerprint density at radius 1 is 1.20 bits per heavy atom. The van der Waals surface area contributed by atoms with Crippen LogP contribution in [-0.4, -0.2) is 10.5 Å². The highest BCUT2D eigenvalue weighted by molar-refractivity contribution is 5.93. The van der Waals surface area contributed by atoms with Gasteiger partial charge in [0, 0.05) is 17.4 Å².